The van der Waals surface area contributed by atoms with E-state index in [9.17, 15) is 14.4 Å². The molecule has 0 bridgehead atoms. The molecule has 0 N–H and O–H groups in total. The van der Waals surface area contributed by atoms with Gasteiger partial charge in [0.25, 0.3) is 0 Å². The van der Waals surface area contributed by atoms with Crippen LogP contribution in [0.25, 0.3) is 0 Å². The van der Waals surface area contributed by atoms with Gasteiger partial charge < -0.3 is 14.2 Å². The van der Waals surface area contributed by atoms with Gasteiger partial charge in [0.1, 0.15) is 13.2 Å². The number of ether oxygens (including phenoxy) is 3. The number of rotatable bonds is 60. The number of unbranched alkanes of at least 4 members (excludes halogenated alkanes) is 35. The summed E-state index contributed by atoms with van der Waals surface area (Å²) in [5.41, 5.74) is 0. The van der Waals surface area contributed by atoms with E-state index in [4.69, 9.17) is 14.2 Å². The van der Waals surface area contributed by atoms with Gasteiger partial charge in [0.2, 0.25) is 0 Å². The Morgan fingerprint density at radius 2 is 0.532 bits per heavy atom. The van der Waals surface area contributed by atoms with Gasteiger partial charge in [0.15, 0.2) is 6.10 Å². The van der Waals surface area contributed by atoms with Crippen LogP contribution >= 0.6 is 0 Å². The third-order valence-electron chi connectivity index (χ3n) is 14.4. The highest BCUT2D eigenvalue weighted by atomic mass is 16.6. The lowest BCUT2D eigenvalue weighted by atomic mass is 10.0. The van der Waals surface area contributed by atoms with E-state index < -0.39 is 6.10 Å². The maximum atomic E-state index is 12.8. The van der Waals surface area contributed by atoms with Crippen LogP contribution in [0.4, 0.5) is 0 Å². The van der Waals surface area contributed by atoms with Crippen LogP contribution in [-0.4, -0.2) is 37.2 Å². The molecule has 1 atom stereocenters. The standard InChI is InChI=1S/C71H124O6/c1-4-7-10-13-16-19-21-23-25-27-29-30-31-32-33-34-35-36-37-38-39-40-42-43-45-47-49-52-55-58-61-64-70(73)76-67-68(66-75-69(72)63-60-57-54-51-18-15-12-9-6-3)77-71(74)65-62-59-56-53-50-48-46-44-41-28-26-24-22-20-17-14-11-8-5-2/h8,11,17,20,24,26-27,29,41,44,48,50,56,59,68H,4-7,9-10,12-16,18-19,21-23,25,28,30-40,42-43,45-47,49,51-55,57-58,60-67H2,1-3H3/b11-8-,20-17-,26-24-,29-27-,44-41-,50-48-,59-56-. The van der Waals surface area contributed by atoms with Gasteiger partial charge in [-0.3, -0.25) is 14.4 Å². The average molecular weight is 1070 g/mol. The van der Waals surface area contributed by atoms with Crippen molar-refractivity contribution in [2.75, 3.05) is 13.2 Å². The molecule has 0 radical (unpaired) electrons. The largest absolute Gasteiger partial charge is 0.462 e. The molecule has 0 saturated heterocycles. The van der Waals surface area contributed by atoms with Crippen molar-refractivity contribution < 1.29 is 28.6 Å². The monoisotopic (exact) mass is 1070 g/mol. The summed E-state index contributed by atoms with van der Waals surface area (Å²) in [5, 5.41) is 0. The van der Waals surface area contributed by atoms with Crippen molar-refractivity contribution in [2.45, 2.75) is 335 Å². The van der Waals surface area contributed by atoms with E-state index in [1.165, 1.54) is 205 Å². The van der Waals surface area contributed by atoms with Gasteiger partial charge in [-0.1, -0.05) is 311 Å². The fourth-order valence-corrected chi connectivity index (χ4v) is 9.47. The minimum Gasteiger partial charge on any atom is -0.462 e. The Morgan fingerprint density at radius 3 is 0.844 bits per heavy atom. The van der Waals surface area contributed by atoms with E-state index in [-0.39, 0.29) is 37.5 Å². The first-order chi connectivity index (χ1) is 38.0. The lowest BCUT2D eigenvalue weighted by Gasteiger charge is -2.18. The third kappa shape index (κ3) is 63.3. The molecule has 0 spiro atoms. The molecular weight excluding hydrogens is 949 g/mol. The molecule has 0 saturated carbocycles. The van der Waals surface area contributed by atoms with Crippen LogP contribution in [0.15, 0.2) is 85.1 Å². The van der Waals surface area contributed by atoms with Crippen LogP contribution < -0.4 is 0 Å². The van der Waals surface area contributed by atoms with E-state index >= 15 is 0 Å². The second-order valence-electron chi connectivity index (χ2n) is 22.0. The maximum absolute atomic E-state index is 12.8. The highest BCUT2D eigenvalue weighted by Gasteiger charge is 2.19. The Balaban J connectivity index is 4.16. The highest BCUT2D eigenvalue weighted by molar-refractivity contribution is 5.71. The molecule has 1 unspecified atom stereocenters. The third-order valence-corrected chi connectivity index (χ3v) is 14.4. The highest BCUT2D eigenvalue weighted by Crippen LogP contribution is 2.17. The van der Waals surface area contributed by atoms with E-state index in [1.54, 1.807) is 0 Å². The van der Waals surface area contributed by atoms with E-state index in [0.717, 1.165) is 77.0 Å². The summed E-state index contributed by atoms with van der Waals surface area (Å²) < 4.78 is 16.8. The molecule has 0 aliphatic carbocycles. The molecule has 0 fully saturated rings. The topological polar surface area (TPSA) is 78.9 Å². The van der Waals surface area contributed by atoms with Crippen LogP contribution in [0, 0.1) is 0 Å². The zero-order chi connectivity index (χ0) is 55.7. The minimum absolute atomic E-state index is 0.103. The molecule has 0 amide bonds. The molecule has 6 nitrogen and oxygen atoms in total. The molecule has 0 aromatic heterocycles. The SMILES string of the molecule is CC/C=C\C/C=C\C/C=C\C/C=C\C/C=C\C/C=C\CCC(=O)OC(COC(=O)CCCCCCCCCCC)COC(=O)CCCCCCCCCCCCCCCCCCCCC/C=C\CCCCCCCCCC. The van der Waals surface area contributed by atoms with Gasteiger partial charge in [-0.25, -0.2) is 0 Å². The average Bonchev–Trinajstić information content (AvgIpc) is 3.43. The predicted molar refractivity (Wildman–Crippen MR) is 334 cm³/mol. The normalized spacial score (nSPS) is 12.6. The minimum atomic E-state index is -0.814. The summed E-state index contributed by atoms with van der Waals surface area (Å²) in [7, 11) is 0. The number of hydrogen-bond donors (Lipinski definition) is 0. The van der Waals surface area contributed by atoms with Gasteiger partial charge >= 0.3 is 17.9 Å². The molecular formula is C71H124O6. The lowest BCUT2D eigenvalue weighted by Crippen LogP contribution is -2.30. The van der Waals surface area contributed by atoms with Gasteiger partial charge in [-0.2, -0.15) is 0 Å². The van der Waals surface area contributed by atoms with Crippen LogP contribution in [0.5, 0.6) is 0 Å². The van der Waals surface area contributed by atoms with Crippen LogP contribution in [-0.2, 0) is 28.6 Å². The Kier molecular flexibility index (Phi) is 62.2. The van der Waals surface area contributed by atoms with Crippen LogP contribution in [0.3, 0.4) is 0 Å². The van der Waals surface area contributed by atoms with Crippen LogP contribution in [0.2, 0.25) is 0 Å². The number of hydrogen-bond acceptors (Lipinski definition) is 6. The molecule has 0 aliphatic heterocycles. The van der Waals surface area contributed by atoms with Gasteiger partial charge in [-0.15, -0.1) is 0 Å². The Morgan fingerprint density at radius 1 is 0.273 bits per heavy atom. The molecule has 0 rings (SSSR count). The number of carbonyl (C=O) groups excluding carboxylic acids is 3. The van der Waals surface area contributed by atoms with Crippen molar-refractivity contribution in [3.63, 3.8) is 0 Å². The first-order valence-electron chi connectivity index (χ1n) is 33.1. The summed E-state index contributed by atoms with van der Waals surface area (Å²) in [6.07, 6.45) is 86.4. The molecule has 77 heavy (non-hydrogen) atoms. The zero-order valence-electron chi connectivity index (χ0n) is 51.0. The number of allylic oxidation sites excluding steroid dienone is 14. The van der Waals surface area contributed by atoms with Crippen molar-refractivity contribution in [2.24, 2.45) is 0 Å². The summed E-state index contributed by atoms with van der Waals surface area (Å²) in [5.74, 6) is -0.979. The summed E-state index contributed by atoms with van der Waals surface area (Å²) in [4.78, 5) is 38.1. The van der Waals surface area contributed by atoms with E-state index in [2.05, 4.69) is 99.8 Å². The Labute approximate surface area is 477 Å². The smallest absolute Gasteiger partial charge is 0.306 e. The first-order valence-corrected chi connectivity index (χ1v) is 33.1. The van der Waals surface area contributed by atoms with Crippen molar-refractivity contribution in [3.05, 3.63) is 85.1 Å². The quantitative estimate of drug-likeness (QED) is 0.0261. The molecule has 0 heterocycles. The second-order valence-corrected chi connectivity index (χ2v) is 22.0. The Bertz CT molecular complexity index is 1470. The molecule has 0 aliphatic rings. The van der Waals surface area contributed by atoms with Gasteiger partial charge in [-0.05, 0) is 83.5 Å². The lowest BCUT2D eigenvalue weighted by molar-refractivity contribution is -0.166. The molecule has 0 aromatic rings. The number of carbonyl (C=O) groups is 3. The van der Waals surface area contributed by atoms with Crippen molar-refractivity contribution in [3.8, 4) is 0 Å². The fourth-order valence-electron chi connectivity index (χ4n) is 9.47. The Hall–Kier alpha value is -3.41. The van der Waals surface area contributed by atoms with Gasteiger partial charge in [0.05, 0.1) is 0 Å². The van der Waals surface area contributed by atoms with Crippen molar-refractivity contribution >= 4 is 17.9 Å². The maximum Gasteiger partial charge on any atom is 0.306 e. The molecule has 6 heteroatoms. The first kappa shape index (κ1) is 73.6. The fraction of sp³-hybridized carbons (Fsp3) is 0.761. The molecule has 444 valence electrons. The van der Waals surface area contributed by atoms with Crippen molar-refractivity contribution in [1.82, 2.24) is 0 Å². The van der Waals surface area contributed by atoms with Crippen LogP contribution in [0.1, 0.15) is 329 Å². The number of esters is 3. The van der Waals surface area contributed by atoms with Gasteiger partial charge in [0, 0.05) is 19.3 Å². The van der Waals surface area contributed by atoms with E-state index in [1.807, 2.05) is 6.08 Å². The van der Waals surface area contributed by atoms with Crippen molar-refractivity contribution in [1.29, 1.82) is 0 Å². The molecule has 0 aromatic carbocycles. The predicted octanol–water partition coefficient (Wildman–Crippen LogP) is 22.7. The summed E-state index contributed by atoms with van der Waals surface area (Å²) >= 11 is 0. The summed E-state index contributed by atoms with van der Waals surface area (Å²) in [6.45, 7) is 6.47. The zero-order valence-corrected chi connectivity index (χ0v) is 51.0. The second kappa shape index (κ2) is 65.1. The van der Waals surface area contributed by atoms with E-state index in [0.29, 0.717) is 19.3 Å². The summed E-state index contributed by atoms with van der Waals surface area (Å²) in [6, 6.07) is 0.